The number of methoxy groups -OCH3 is 1. The number of thioether (sulfide) groups is 1. The van der Waals surface area contributed by atoms with Gasteiger partial charge in [0.05, 0.1) is 13.7 Å². The van der Waals surface area contributed by atoms with Crippen LogP contribution in [0.25, 0.3) is 11.5 Å². The summed E-state index contributed by atoms with van der Waals surface area (Å²) < 4.78 is 16.6. The number of aromatic nitrogens is 2. The van der Waals surface area contributed by atoms with E-state index in [9.17, 15) is 0 Å². The molecule has 0 fully saturated rings. The Bertz CT molecular complexity index is 793. The Morgan fingerprint density at radius 2 is 1.79 bits per heavy atom. The van der Waals surface area contributed by atoms with Gasteiger partial charge in [0.15, 0.2) is 11.5 Å². The van der Waals surface area contributed by atoms with E-state index in [-0.39, 0.29) is 0 Å². The minimum Gasteiger partial charge on any atom is -0.493 e. The minimum absolute atomic E-state index is 0.472. The Labute approximate surface area is 148 Å². The second kappa shape index (κ2) is 8.08. The first kappa shape index (κ1) is 16.7. The van der Waals surface area contributed by atoms with Gasteiger partial charge in [-0.05, 0) is 36.4 Å². The molecule has 2 aromatic carbocycles. The molecule has 24 heavy (non-hydrogen) atoms. The number of rotatable bonds is 7. The Morgan fingerprint density at radius 1 is 1.04 bits per heavy atom. The van der Waals surface area contributed by atoms with Crippen LogP contribution in [-0.4, -0.2) is 29.7 Å². The van der Waals surface area contributed by atoms with Crippen molar-refractivity contribution >= 4 is 23.4 Å². The third kappa shape index (κ3) is 4.21. The standard InChI is InChI=1S/C17H15ClN2O3S/c1-21-14-4-2-3-5-15(14)22-10-11-24-17-20-19-16(23-17)12-6-8-13(18)9-7-12/h2-9H,10-11H2,1H3. The van der Waals surface area contributed by atoms with Gasteiger partial charge in [0.2, 0.25) is 5.89 Å². The molecular weight excluding hydrogens is 348 g/mol. The summed E-state index contributed by atoms with van der Waals surface area (Å²) >= 11 is 7.31. The van der Waals surface area contributed by atoms with E-state index in [1.54, 1.807) is 19.2 Å². The Hall–Kier alpha value is -2.18. The van der Waals surface area contributed by atoms with E-state index in [1.165, 1.54) is 11.8 Å². The molecule has 0 aliphatic heterocycles. The van der Waals surface area contributed by atoms with E-state index in [1.807, 2.05) is 36.4 Å². The van der Waals surface area contributed by atoms with E-state index >= 15 is 0 Å². The number of hydrogen-bond donors (Lipinski definition) is 0. The van der Waals surface area contributed by atoms with Gasteiger partial charge in [0.25, 0.3) is 5.22 Å². The van der Waals surface area contributed by atoms with Crippen LogP contribution in [0.4, 0.5) is 0 Å². The van der Waals surface area contributed by atoms with Crippen LogP contribution in [0.1, 0.15) is 0 Å². The van der Waals surface area contributed by atoms with E-state index in [2.05, 4.69) is 10.2 Å². The molecule has 3 rings (SSSR count). The number of halogens is 1. The molecule has 0 amide bonds. The molecule has 0 atom stereocenters. The molecule has 0 radical (unpaired) electrons. The van der Waals surface area contributed by atoms with E-state index in [4.69, 9.17) is 25.5 Å². The molecule has 7 heteroatoms. The average Bonchev–Trinajstić information content (AvgIpc) is 3.08. The van der Waals surface area contributed by atoms with Crippen molar-refractivity contribution in [1.29, 1.82) is 0 Å². The van der Waals surface area contributed by atoms with Crippen LogP contribution in [0.15, 0.2) is 58.2 Å². The molecule has 0 unspecified atom stereocenters. The highest BCUT2D eigenvalue weighted by Crippen LogP contribution is 2.27. The highest BCUT2D eigenvalue weighted by molar-refractivity contribution is 7.99. The fourth-order valence-electron chi connectivity index (χ4n) is 2.00. The van der Waals surface area contributed by atoms with Gasteiger partial charge in [-0.1, -0.05) is 35.5 Å². The summed E-state index contributed by atoms with van der Waals surface area (Å²) in [6, 6.07) is 14.8. The van der Waals surface area contributed by atoms with Gasteiger partial charge < -0.3 is 13.9 Å². The summed E-state index contributed by atoms with van der Waals surface area (Å²) in [5, 5.41) is 9.24. The van der Waals surface area contributed by atoms with Crippen LogP contribution in [-0.2, 0) is 0 Å². The Morgan fingerprint density at radius 3 is 2.54 bits per heavy atom. The zero-order valence-electron chi connectivity index (χ0n) is 12.9. The van der Waals surface area contributed by atoms with E-state index in [0.29, 0.717) is 40.0 Å². The molecule has 124 valence electrons. The fourth-order valence-corrected chi connectivity index (χ4v) is 2.70. The third-order valence-electron chi connectivity index (χ3n) is 3.13. The van der Waals surface area contributed by atoms with Gasteiger partial charge >= 0.3 is 0 Å². The van der Waals surface area contributed by atoms with Gasteiger partial charge in [-0.2, -0.15) is 0 Å². The van der Waals surface area contributed by atoms with Crippen molar-refractivity contribution < 1.29 is 13.9 Å². The number of ether oxygens (including phenoxy) is 2. The maximum absolute atomic E-state index is 5.87. The summed E-state index contributed by atoms with van der Waals surface area (Å²) in [6.07, 6.45) is 0. The zero-order chi connectivity index (χ0) is 16.8. The van der Waals surface area contributed by atoms with Crippen molar-refractivity contribution in [1.82, 2.24) is 10.2 Å². The molecule has 0 aliphatic rings. The lowest BCUT2D eigenvalue weighted by molar-refractivity contribution is 0.313. The largest absolute Gasteiger partial charge is 0.493 e. The van der Waals surface area contributed by atoms with Crippen molar-refractivity contribution in [3.05, 3.63) is 53.6 Å². The van der Waals surface area contributed by atoms with Crippen LogP contribution >= 0.6 is 23.4 Å². The van der Waals surface area contributed by atoms with Crippen molar-refractivity contribution in [2.45, 2.75) is 5.22 Å². The van der Waals surface area contributed by atoms with Crippen LogP contribution < -0.4 is 9.47 Å². The Balaban J connectivity index is 1.52. The Kier molecular flexibility index (Phi) is 5.61. The molecule has 0 N–H and O–H groups in total. The average molecular weight is 363 g/mol. The maximum Gasteiger partial charge on any atom is 0.276 e. The molecular formula is C17H15ClN2O3S. The van der Waals surface area contributed by atoms with Crippen LogP contribution in [0.3, 0.4) is 0 Å². The third-order valence-corrected chi connectivity index (χ3v) is 4.17. The first-order valence-electron chi connectivity index (χ1n) is 7.24. The zero-order valence-corrected chi connectivity index (χ0v) is 14.5. The number of benzene rings is 2. The highest BCUT2D eigenvalue weighted by atomic mass is 35.5. The predicted molar refractivity (Wildman–Crippen MR) is 94.0 cm³/mol. The fraction of sp³-hybridized carbons (Fsp3) is 0.176. The van der Waals surface area contributed by atoms with E-state index in [0.717, 1.165) is 5.56 Å². The lowest BCUT2D eigenvalue weighted by atomic mass is 10.2. The van der Waals surface area contributed by atoms with Crippen LogP contribution in [0.5, 0.6) is 11.5 Å². The number of nitrogens with zero attached hydrogens (tertiary/aromatic N) is 2. The summed E-state index contributed by atoms with van der Waals surface area (Å²) in [7, 11) is 1.62. The molecule has 0 aliphatic carbocycles. The van der Waals surface area contributed by atoms with Crippen LogP contribution in [0, 0.1) is 0 Å². The molecule has 5 nitrogen and oxygen atoms in total. The summed E-state index contributed by atoms with van der Waals surface area (Å²) in [6.45, 7) is 0.504. The molecule has 1 aromatic heterocycles. The van der Waals surface area contributed by atoms with Gasteiger partial charge in [-0.3, -0.25) is 0 Å². The quantitative estimate of drug-likeness (QED) is 0.453. The highest BCUT2D eigenvalue weighted by Gasteiger charge is 2.09. The number of hydrogen-bond acceptors (Lipinski definition) is 6. The normalized spacial score (nSPS) is 10.6. The van der Waals surface area contributed by atoms with Crippen molar-refractivity contribution in [3.8, 4) is 23.0 Å². The van der Waals surface area contributed by atoms with Gasteiger partial charge in [-0.15, -0.1) is 10.2 Å². The van der Waals surface area contributed by atoms with Crippen LogP contribution in [0.2, 0.25) is 5.02 Å². The number of para-hydroxylation sites is 2. The van der Waals surface area contributed by atoms with Gasteiger partial charge in [0, 0.05) is 16.3 Å². The summed E-state index contributed by atoms with van der Waals surface area (Å²) in [5.41, 5.74) is 0.837. The molecule has 1 heterocycles. The molecule has 0 saturated carbocycles. The van der Waals surface area contributed by atoms with Crippen molar-refractivity contribution in [2.75, 3.05) is 19.5 Å². The SMILES string of the molecule is COc1ccccc1OCCSc1nnc(-c2ccc(Cl)cc2)o1. The smallest absolute Gasteiger partial charge is 0.276 e. The topological polar surface area (TPSA) is 57.4 Å². The summed E-state index contributed by atoms with van der Waals surface area (Å²) in [5.74, 6) is 2.58. The lowest BCUT2D eigenvalue weighted by Crippen LogP contribution is -2.01. The predicted octanol–water partition coefficient (Wildman–Crippen LogP) is 4.57. The second-order valence-corrected chi connectivity index (χ2v) is 6.21. The lowest BCUT2D eigenvalue weighted by Gasteiger charge is -2.09. The molecule has 3 aromatic rings. The monoisotopic (exact) mass is 362 g/mol. The maximum atomic E-state index is 5.87. The van der Waals surface area contributed by atoms with E-state index < -0.39 is 0 Å². The molecule has 0 saturated heterocycles. The first-order valence-corrected chi connectivity index (χ1v) is 8.60. The first-order chi connectivity index (χ1) is 11.8. The molecule has 0 spiro atoms. The summed E-state index contributed by atoms with van der Waals surface area (Å²) in [4.78, 5) is 0. The van der Waals surface area contributed by atoms with Crippen molar-refractivity contribution in [3.63, 3.8) is 0 Å². The second-order valence-electron chi connectivity index (χ2n) is 4.73. The van der Waals surface area contributed by atoms with Crippen molar-refractivity contribution in [2.24, 2.45) is 0 Å². The van der Waals surface area contributed by atoms with Gasteiger partial charge in [-0.25, -0.2) is 0 Å². The van der Waals surface area contributed by atoms with Gasteiger partial charge in [0.1, 0.15) is 0 Å². The molecule has 0 bridgehead atoms. The minimum atomic E-state index is 0.472.